The molecule has 1 N–H and O–H groups in total. The Kier molecular flexibility index (Phi) is 8.83. The molecule has 3 aromatic rings. The van der Waals surface area contributed by atoms with Crippen LogP contribution in [0.15, 0.2) is 91.0 Å². The highest BCUT2D eigenvalue weighted by molar-refractivity contribution is 5.96. The smallest absolute Gasteiger partial charge is 0.253 e. The maximum atomic E-state index is 13.4. The third-order valence-electron chi connectivity index (χ3n) is 6.32. The van der Waals surface area contributed by atoms with Crippen molar-refractivity contribution in [3.8, 4) is 0 Å². The number of carbonyl (C=O) groups is 3. The van der Waals surface area contributed by atoms with E-state index in [1.54, 1.807) is 26.8 Å². The van der Waals surface area contributed by atoms with Gasteiger partial charge in [0.1, 0.15) is 0 Å². The van der Waals surface area contributed by atoms with Crippen LogP contribution in [0.25, 0.3) is 0 Å². The largest absolute Gasteiger partial charge is 0.336 e. The van der Waals surface area contributed by atoms with Gasteiger partial charge in [0.05, 0.1) is 0 Å². The first-order valence-corrected chi connectivity index (χ1v) is 12.4. The van der Waals surface area contributed by atoms with E-state index in [1.165, 1.54) is 0 Å². The average Bonchev–Trinajstić information content (AvgIpc) is 2.94. The van der Waals surface area contributed by atoms with Crippen molar-refractivity contribution in [2.75, 3.05) is 52.4 Å². The zero-order valence-corrected chi connectivity index (χ0v) is 20.4. The maximum Gasteiger partial charge on any atom is 0.253 e. The van der Waals surface area contributed by atoms with Crippen LogP contribution in [0.2, 0.25) is 0 Å². The van der Waals surface area contributed by atoms with E-state index in [-0.39, 0.29) is 17.7 Å². The molecule has 1 fully saturated rings. The topological polar surface area (TPSA) is 73.0 Å². The number of hydrogen-bond acceptors (Lipinski definition) is 4. The van der Waals surface area contributed by atoms with Crippen LogP contribution in [0.5, 0.6) is 0 Å². The van der Waals surface area contributed by atoms with Crippen LogP contribution < -0.4 is 5.32 Å². The van der Waals surface area contributed by atoms with E-state index in [4.69, 9.17) is 0 Å². The Morgan fingerprint density at radius 1 is 0.444 bits per heavy atom. The summed E-state index contributed by atoms with van der Waals surface area (Å²) in [6.45, 7) is 3.76. The first-order chi connectivity index (χ1) is 17.6. The van der Waals surface area contributed by atoms with Crippen molar-refractivity contribution in [3.63, 3.8) is 0 Å². The summed E-state index contributed by atoms with van der Waals surface area (Å²) < 4.78 is 0. The molecular weight excluding hydrogens is 452 g/mol. The molecule has 1 aliphatic heterocycles. The molecule has 0 unspecified atom stereocenters. The zero-order chi connectivity index (χ0) is 25.2. The fourth-order valence-corrected chi connectivity index (χ4v) is 4.27. The van der Waals surface area contributed by atoms with Gasteiger partial charge in [-0.15, -0.1) is 0 Å². The molecule has 0 saturated carbocycles. The highest BCUT2D eigenvalue weighted by atomic mass is 16.2. The van der Waals surface area contributed by atoms with Crippen molar-refractivity contribution in [2.45, 2.75) is 0 Å². The SMILES string of the molecule is O=C(c1ccccc1)N1CCNCCN(C(=O)c2ccccc2)CCN(C(=O)c2ccccc2)CC1. The second kappa shape index (κ2) is 12.7. The molecular formula is C29H32N4O3. The normalized spacial score (nSPS) is 15.5. The molecule has 0 radical (unpaired) electrons. The Labute approximate surface area is 212 Å². The summed E-state index contributed by atoms with van der Waals surface area (Å²) in [5.74, 6) is -0.213. The lowest BCUT2D eigenvalue weighted by atomic mass is 10.1. The fourth-order valence-electron chi connectivity index (χ4n) is 4.27. The maximum absolute atomic E-state index is 13.4. The Morgan fingerprint density at radius 2 is 0.722 bits per heavy atom. The highest BCUT2D eigenvalue weighted by Gasteiger charge is 2.23. The van der Waals surface area contributed by atoms with E-state index in [2.05, 4.69) is 5.32 Å². The molecule has 3 aromatic carbocycles. The van der Waals surface area contributed by atoms with Crippen molar-refractivity contribution in [1.82, 2.24) is 20.0 Å². The minimum Gasteiger partial charge on any atom is -0.336 e. The van der Waals surface area contributed by atoms with Gasteiger partial charge in [0.15, 0.2) is 0 Å². The first kappa shape index (κ1) is 25.1. The Morgan fingerprint density at radius 3 is 1.03 bits per heavy atom. The van der Waals surface area contributed by atoms with E-state index in [0.29, 0.717) is 69.0 Å². The summed E-state index contributed by atoms with van der Waals surface area (Å²) in [6.07, 6.45) is 0. The molecule has 0 aliphatic carbocycles. The molecule has 1 aliphatic rings. The number of nitrogens with zero attached hydrogens (tertiary/aromatic N) is 3. The number of carbonyl (C=O) groups excluding carboxylic acids is 3. The van der Waals surface area contributed by atoms with Gasteiger partial charge in [0.25, 0.3) is 17.7 Å². The lowest BCUT2D eigenvalue weighted by Crippen LogP contribution is -2.48. The van der Waals surface area contributed by atoms with Crippen LogP contribution in [0.3, 0.4) is 0 Å². The number of hydrogen-bond donors (Lipinski definition) is 1. The standard InChI is InChI=1S/C29H32N4O3/c34-27(24-10-4-1-5-11-24)31-18-16-30-17-19-32(28(35)25-12-6-2-7-13-25)21-23-33(22-20-31)29(36)26-14-8-3-9-15-26/h1-15,30H,16-23H2. The third kappa shape index (κ3) is 6.58. The fraction of sp³-hybridized carbons (Fsp3) is 0.276. The number of nitrogens with one attached hydrogen (secondary N) is 1. The van der Waals surface area contributed by atoms with Crippen LogP contribution in [-0.4, -0.2) is 84.8 Å². The van der Waals surface area contributed by atoms with Crippen molar-refractivity contribution in [3.05, 3.63) is 108 Å². The Balaban J connectivity index is 1.54. The summed E-state index contributed by atoms with van der Waals surface area (Å²) in [5, 5.41) is 3.37. The molecule has 7 heteroatoms. The minimum absolute atomic E-state index is 0.0533. The van der Waals surface area contributed by atoms with E-state index >= 15 is 0 Å². The number of rotatable bonds is 3. The van der Waals surface area contributed by atoms with Gasteiger partial charge in [-0.2, -0.15) is 0 Å². The van der Waals surface area contributed by atoms with Crippen LogP contribution in [0.1, 0.15) is 31.1 Å². The van der Waals surface area contributed by atoms with Gasteiger partial charge in [0.2, 0.25) is 0 Å². The van der Waals surface area contributed by atoms with E-state index in [9.17, 15) is 14.4 Å². The van der Waals surface area contributed by atoms with Crippen LogP contribution in [-0.2, 0) is 0 Å². The first-order valence-electron chi connectivity index (χ1n) is 12.4. The molecule has 3 amide bonds. The van der Waals surface area contributed by atoms with E-state index in [0.717, 1.165) is 0 Å². The van der Waals surface area contributed by atoms with Crippen molar-refractivity contribution in [1.29, 1.82) is 0 Å². The van der Waals surface area contributed by atoms with Crippen LogP contribution >= 0.6 is 0 Å². The number of amides is 3. The molecule has 0 spiro atoms. The van der Waals surface area contributed by atoms with Gasteiger partial charge >= 0.3 is 0 Å². The summed E-state index contributed by atoms with van der Waals surface area (Å²) in [4.78, 5) is 45.2. The van der Waals surface area contributed by atoms with E-state index < -0.39 is 0 Å². The quantitative estimate of drug-likeness (QED) is 0.620. The minimum atomic E-state index is -0.106. The summed E-state index contributed by atoms with van der Waals surface area (Å²) in [7, 11) is 0. The molecule has 0 bridgehead atoms. The summed E-state index contributed by atoms with van der Waals surface area (Å²) in [6, 6.07) is 27.6. The molecule has 0 aromatic heterocycles. The second-order valence-electron chi connectivity index (χ2n) is 8.72. The monoisotopic (exact) mass is 484 g/mol. The van der Waals surface area contributed by atoms with Gasteiger partial charge in [0, 0.05) is 69.0 Å². The van der Waals surface area contributed by atoms with Gasteiger partial charge in [-0.05, 0) is 36.4 Å². The lowest BCUT2D eigenvalue weighted by Gasteiger charge is -2.32. The Bertz CT molecular complexity index is 1070. The molecule has 186 valence electrons. The van der Waals surface area contributed by atoms with E-state index in [1.807, 2.05) is 78.9 Å². The predicted octanol–water partition coefficient (Wildman–Crippen LogP) is 3.02. The second-order valence-corrected chi connectivity index (χ2v) is 8.72. The molecule has 36 heavy (non-hydrogen) atoms. The Hall–Kier alpha value is -3.97. The third-order valence-corrected chi connectivity index (χ3v) is 6.32. The van der Waals surface area contributed by atoms with Crippen molar-refractivity contribution in [2.24, 2.45) is 0 Å². The predicted molar refractivity (Wildman–Crippen MR) is 140 cm³/mol. The van der Waals surface area contributed by atoms with Crippen molar-refractivity contribution < 1.29 is 14.4 Å². The van der Waals surface area contributed by atoms with Crippen LogP contribution in [0.4, 0.5) is 0 Å². The van der Waals surface area contributed by atoms with Gasteiger partial charge in [-0.3, -0.25) is 14.4 Å². The highest BCUT2D eigenvalue weighted by Crippen LogP contribution is 2.10. The van der Waals surface area contributed by atoms with Crippen LogP contribution in [0, 0.1) is 0 Å². The van der Waals surface area contributed by atoms with Gasteiger partial charge in [-0.25, -0.2) is 0 Å². The zero-order valence-electron chi connectivity index (χ0n) is 20.4. The molecule has 1 saturated heterocycles. The molecule has 0 atom stereocenters. The van der Waals surface area contributed by atoms with Gasteiger partial charge < -0.3 is 20.0 Å². The molecule has 1 heterocycles. The lowest BCUT2D eigenvalue weighted by molar-refractivity contribution is 0.0610. The molecule has 4 rings (SSSR count). The summed E-state index contributed by atoms with van der Waals surface area (Å²) in [5.41, 5.74) is 1.85. The molecule has 7 nitrogen and oxygen atoms in total. The van der Waals surface area contributed by atoms with Crippen molar-refractivity contribution >= 4 is 17.7 Å². The van der Waals surface area contributed by atoms with Gasteiger partial charge in [-0.1, -0.05) is 54.6 Å². The average molecular weight is 485 g/mol. The summed E-state index contributed by atoms with van der Waals surface area (Å²) >= 11 is 0. The number of benzene rings is 3.